The van der Waals surface area contributed by atoms with Gasteiger partial charge in [0.05, 0.1) is 28.7 Å². The van der Waals surface area contributed by atoms with Crippen LogP contribution in [-0.4, -0.2) is 38.3 Å². The van der Waals surface area contributed by atoms with Crippen LogP contribution in [0.5, 0.6) is 0 Å². The van der Waals surface area contributed by atoms with E-state index in [2.05, 4.69) is 20.2 Å². The molecule has 7 heteroatoms. The van der Waals surface area contributed by atoms with Crippen LogP contribution in [0.25, 0.3) is 33.4 Å². The van der Waals surface area contributed by atoms with Crippen LogP contribution in [0.2, 0.25) is 0 Å². The van der Waals surface area contributed by atoms with Gasteiger partial charge >= 0.3 is 5.97 Å². The van der Waals surface area contributed by atoms with Gasteiger partial charge in [-0.2, -0.15) is 5.10 Å². The van der Waals surface area contributed by atoms with E-state index in [1.807, 2.05) is 43.3 Å². The summed E-state index contributed by atoms with van der Waals surface area (Å²) in [5.41, 5.74) is 11.4. The lowest BCUT2D eigenvalue weighted by Gasteiger charge is -2.31. The second kappa shape index (κ2) is 7.35. The zero-order valence-electron chi connectivity index (χ0n) is 16.5. The maximum atomic E-state index is 12.8. The van der Waals surface area contributed by atoms with Gasteiger partial charge in [-0.15, -0.1) is 0 Å². The van der Waals surface area contributed by atoms with Crippen LogP contribution in [0.4, 0.5) is 0 Å². The maximum Gasteiger partial charge on any atom is 0.339 e. The maximum absolute atomic E-state index is 12.8. The summed E-state index contributed by atoms with van der Waals surface area (Å²) in [6.45, 7) is 1.95. The first-order valence-electron chi connectivity index (χ1n) is 9.91. The van der Waals surface area contributed by atoms with E-state index in [4.69, 9.17) is 10.5 Å². The largest absolute Gasteiger partial charge is 0.459 e. The Morgan fingerprint density at radius 3 is 2.87 bits per heavy atom. The number of rotatable bonds is 4. The molecule has 1 fully saturated rings. The number of nitrogens with one attached hydrogen (secondary N) is 1. The minimum atomic E-state index is -0.343. The number of nitrogens with zero attached hydrogens (tertiary/aromatic N) is 3. The van der Waals surface area contributed by atoms with Gasteiger partial charge in [0.25, 0.3) is 0 Å². The van der Waals surface area contributed by atoms with Gasteiger partial charge in [-0.25, -0.2) is 4.79 Å². The second-order valence-electron chi connectivity index (χ2n) is 7.67. The van der Waals surface area contributed by atoms with E-state index in [9.17, 15) is 4.79 Å². The van der Waals surface area contributed by atoms with Crippen molar-refractivity contribution in [2.24, 2.45) is 5.73 Å². The van der Waals surface area contributed by atoms with E-state index in [1.54, 1.807) is 18.5 Å². The zero-order valence-corrected chi connectivity index (χ0v) is 16.5. The van der Waals surface area contributed by atoms with Crippen molar-refractivity contribution in [2.45, 2.75) is 31.9 Å². The summed E-state index contributed by atoms with van der Waals surface area (Å²) in [4.78, 5) is 21.8. The quantitative estimate of drug-likeness (QED) is 0.508. The molecule has 0 atom stereocenters. The molecule has 5 rings (SSSR count). The Labute approximate surface area is 173 Å². The minimum Gasteiger partial charge on any atom is -0.459 e. The fourth-order valence-corrected chi connectivity index (χ4v) is 3.79. The molecule has 0 saturated heterocycles. The fraction of sp³-hybridized carbons (Fsp3) is 0.217. The Morgan fingerprint density at radius 2 is 2.07 bits per heavy atom. The molecular formula is C23H21N5O2. The van der Waals surface area contributed by atoms with Gasteiger partial charge in [-0.05, 0) is 55.7 Å². The van der Waals surface area contributed by atoms with Crippen LogP contribution < -0.4 is 5.73 Å². The Morgan fingerprint density at radius 1 is 1.20 bits per heavy atom. The van der Waals surface area contributed by atoms with Gasteiger partial charge in [0.1, 0.15) is 6.10 Å². The Hall–Kier alpha value is -3.58. The predicted molar refractivity (Wildman–Crippen MR) is 114 cm³/mol. The molecule has 0 amide bonds. The number of ether oxygens (including phenoxy) is 1. The Balaban J connectivity index is 1.54. The number of hydrogen-bond acceptors (Lipinski definition) is 6. The van der Waals surface area contributed by atoms with Crippen molar-refractivity contribution in [2.75, 3.05) is 0 Å². The van der Waals surface area contributed by atoms with E-state index in [0.29, 0.717) is 18.4 Å². The van der Waals surface area contributed by atoms with E-state index in [-0.39, 0.29) is 18.1 Å². The van der Waals surface area contributed by atoms with Crippen LogP contribution >= 0.6 is 0 Å². The molecule has 4 aromatic rings. The van der Waals surface area contributed by atoms with Crippen LogP contribution in [0.1, 0.15) is 28.9 Å². The van der Waals surface area contributed by atoms with Gasteiger partial charge < -0.3 is 10.5 Å². The number of carbonyl (C=O) groups is 1. The topological polar surface area (TPSA) is 107 Å². The highest BCUT2D eigenvalue weighted by Crippen LogP contribution is 2.32. The van der Waals surface area contributed by atoms with Crippen LogP contribution in [0.3, 0.4) is 0 Å². The summed E-state index contributed by atoms with van der Waals surface area (Å²) >= 11 is 0. The lowest BCUT2D eigenvalue weighted by atomic mass is 9.90. The molecule has 1 aliphatic rings. The molecule has 0 bridgehead atoms. The number of H-pyrrole nitrogens is 1. The molecule has 1 saturated carbocycles. The second-order valence-corrected chi connectivity index (χ2v) is 7.67. The highest BCUT2D eigenvalue weighted by molar-refractivity contribution is 6.04. The number of esters is 1. The summed E-state index contributed by atoms with van der Waals surface area (Å²) < 4.78 is 5.61. The molecule has 0 unspecified atom stereocenters. The van der Waals surface area contributed by atoms with E-state index in [1.165, 1.54) is 0 Å². The number of aryl methyl sites for hydroxylation is 1. The van der Waals surface area contributed by atoms with Gasteiger partial charge in [-0.3, -0.25) is 15.1 Å². The molecule has 0 radical (unpaired) electrons. The third-order valence-electron chi connectivity index (χ3n) is 5.46. The molecule has 0 spiro atoms. The summed E-state index contributed by atoms with van der Waals surface area (Å²) in [6, 6.07) is 13.5. The smallest absolute Gasteiger partial charge is 0.339 e. The Kier molecular flexibility index (Phi) is 4.52. The van der Waals surface area contributed by atoms with Crippen molar-refractivity contribution >= 4 is 16.9 Å². The Bertz CT molecular complexity index is 1240. The van der Waals surface area contributed by atoms with Gasteiger partial charge in [0, 0.05) is 28.9 Å². The number of carbonyl (C=O) groups excluding carboxylic acids is 1. The first kappa shape index (κ1) is 18.4. The molecule has 150 valence electrons. The minimum absolute atomic E-state index is 0.105. The summed E-state index contributed by atoms with van der Waals surface area (Å²) in [5, 5.41) is 8.01. The first-order chi connectivity index (χ1) is 14.6. The standard InChI is InChI=1S/C23H21N5O2/c1-13-3-2-4-21(27-13)22-19(12-26-28-22)14-5-6-20-18(9-14)17(7-8-25-20)23(29)30-16-10-15(24)11-16/h2-9,12,15-16H,10-11,24H2,1H3,(H,26,28)/t15-,16+. The average Bonchev–Trinajstić information content (AvgIpc) is 3.21. The van der Waals surface area contributed by atoms with Crippen molar-refractivity contribution < 1.29 is 9.53 Å². The zero-order chi connectivity index (χ0) is 20.7. The third-order valence-corrected chi connectivity index (χ3v) is 5.46. The van der Waals surface area contributed by atoms with Gasteiger partial charge in [0.15, 0.2) is 0 Å². The number of nitrogens with two attached hydrogens (primary N) is 1. The number of fused-ring (bicyclic) bond motifs is 1. The molecule has 30 heavy (non-hydrogen) atoms. The highest BCUT2D eigenvalue weighted by Gasteiger charge is 2.30. The SMILES string of the molecule is Cc1cccc(-c2[nH]ncc2-c2ccc3nccc(C(=O)O[C@H]4C[C@@H](N)C4)c3c2)n1. The lowest BCUT2D eigenvalue weighted by molar-refractivity contribution is 0.00343. The number of aromatic nitrogens is 4. The van der Waals surface area contributed by atoms with Crippen LogP contribution in [-0.2, 0) is 4.74 Å². The van der Waals surface area contributed by atoms with Gasteiger partial charge in [0.2, 0.25) is 0 Å². The molecule has 1 aliphatic carbocycles. The van der Waals surface area contributed by atoms with Gasteiger partial charge in [-0.1, -0.05) is 12.1 Å². The first-order valence-corrected chi connectivity index (χ1v) is 9.91. The molecule has 3 heterocycles. The summed E-state index contributed by atoms with van der Waals surface area (Å²) in [7, 11) is 0. The van der Waals surface area contributed by atoms with E-state index in [0.717, 1.165) is 39.1 Å². The highest BCUT2D eigenvalue weighted by atomic mass is 16.5. The molecule has 1 aromatic carbocycles. The fourth-order valence-electron chi connectivity index (χ4n) is 3.79. The van der Waals surface area contributed by atoms with Crippen molar-refractivity contribution in [1.29, 1.82) is 0 Å². The van der Waals surface area contributed by atoms with E-state index >= 15 is 0 Å². The lowest BCUT2D eigenvalue weighted by Crippen LogP contribution is -2.42. The van der Waals surface area contributed by atoms with Crippen molar-refractivity contribution in [3.8, 4) is 22.5 Å². The normalized spacial score (nSPS) is 18.2. The number of benzene rings is 1. The molecule has 3 aromatic heterocycles. The van der Waals surface area contributed by atoms with Crippen molar-refractivity contribution in [3.63, 3.8) is 0 Å². The molecule has 3 N–H and O–H groups in total. The predicted octanol–water partition coefficient (Wildman–Crippen LogP) is 3.64. The van der Waals surface area contributed by atoms with Crippen molar-refractivity contribution in [1.82, 2.24) is 20.2 Å². The molecule has 0 aliphatic heterocycles. The van der Waals surface area contributed by atoms with Crippen molar-refractivity contribution in [3.05, 3.63) is 66.1 Å². The average molecular weight is 399 g/mol. The third kappa shape index (κ3) is 3.33. The number of aromatic amines is 1. The number of hydrogen-bond donors (Lipinski definition) is 2. The van der Waals surface area contributed by atoms with Crippen LogP contribution in [0.15, 0.2) is 54.9 Å². The number of pyridine rings is 2. The summed E-state index contributed by atoms with van der Waals surface area (Å²) in [6.07, 6.45) is 4.71. The molecule has 7 nitrogen and oxygen atoms in total. The monoisotopic (exact) mass is 399 g/mol. The van der Waals surface area contributed by atoms with E-state index < -0.39 is 0 Å². The van der Waals surface area contributed by atoms with Crippen LogP contribution in [0, 0.1) is 6.92 Å². The summed E-state index contributed by atoms with van der Waals surface area (Å²) in [5.74, 6) is -0.343. The molecular weight excluding hydrogens is 378 g/mol.